The minimum Gasteiger partial charge on any atom is -0.497 e. The van der Waals surface area contributed by atoms with Gasteiger partial charge >= 0.3 is 5.97 Å². The summed E-state index contributed by atoms with van der Waals surface area (Å²) in [6.07, 6.45) is 0.604. The van der Waals surface area contributed by atoms with Crippen molar-refractivity contribution in [3.63, 3.8) is 0 Å². The molecule has 4 aromatic rings. The average Bonchev–Trinajstić information content (AvgIpc) is 2.93. The van der Waals surface area contributed by atoms with Crippen molar-refractivity contribution in [3.05, 3.63) is 119 Å². The van der Waals surface area contributed by atoms with Crippen molar-refractivity contribution in [1.29, 1.82) is 0 Å². The van der Waals surface area contributed by atoms with Crippen LogP contribution in [-0.4, -0.2) is 28.0 Å². The van der Waals surface area contributed by atoms with Gasteiger partial charge in [-0.15, -0.1) is 0 Å². The first-order valence-corrected chi connectivity index (χ1v) is 13.8. The third kappa shape index (κ3) is 7.49. The second kappa shape index (κ2) is 12.6. The number of esters is 1. The Balaban J connectivity index is 1.58. The van der Waals surface area contributed by atoms with Gasteiger partial charge in [-0.1, -0.05) is 48.0 Å². The van der Waals surface area contributed by atoms with Gasteiger partial charge in [0.25, 0.3) is 10.0 Å². The lowest BCUT2D eigenvalue weighted by Gasteiger charge is -2.16. The summed E-state index contributed by atoms with van der Waals surface area (Å²) in [5, 5.41) is 3.77. The smallest absolute Gasteiger partial charge is 0.338 e. The molecule has 0 atom stereocenters. The van der Waals surface area contributed by atoms with Gasteiger partial charge in [-0.3, -0.25) is 4.72 Å². The van der Waals surface area contributed by atoms with E-state index in [2.05, 4.69) is 10.0 Å². The predicted molar refractivity (Wildman–Crippen MR) is 149 cm³/mol. The van der Waals surface area contributed by atoms with E-state index in [1.807, 2.05) is 12.1 Å². The maximum Gasteiger partial charge on any atom is 0.338 e. The van der Waals surface area contributed by atoms with Gasteiger partial charge in [0.15, 0.2) is 0 Å². The molecule has 0 unspecified atom stereocenters. The summed E-state index contributed by atoms with van der Waals surface area (Å²) in [5.41, 5.74) is 1.80. The fraction of sp³-hybridized carbons (Fsp3) is 0.138. The SMILES string of the molecule is COc1cccc(NS(=O)(=O)c2cc(C(=O)OCc3ccccc3F)ccc2NCCc2ccc(Cl)cc2)c1. The monoisotopic (exact) mass is 568 g/mol. The zero-order valence-corrected chi connectivity index (χ0v) is 22.6. The fourth-order valence-electron chi connectivity index (χ4n) is 3.75. The van der Waals surface area contributed by atoms with Gasteiger partial charge in [0.1, 0.15) is 23.1 Å². The standard InChI is InChI=1S/C29H26ClFN2O5S/c1-37-25-7-4-6-24(18-25)33-39(35,36)28-17-21(29(34)38-19-22-5-2-3-8-26(22)31)11-14-27(28)32-16-15-20-9-12-23(30)13-10-20/h2-14,17-18,32-33H,15-16,19H2,1H3. The number of hydrogen-bond acceptors (Lipinski definition) is 6. The molecular weight excluding hydrogens is 543 g/mol. The molecule has 4 aromatic carbocycles. The first-order chi connectivity index (χ1) is 18.7. The van der Waals surface area contributed by atoms with Crippen LogP contribution in [0.4, 0.5) is 15.8 Å². The van der Waals surface area contributed by atoms with Crippen LogP contribution < -0.4 is 14.8 Å². The molecule has 202 valence electrons. The fourth-order valence-corrected chi connectivity index (χ4v) is 5.13. The Labute approximate surface area is 231 Å². The second-order valence-electron chi connectivity index (χ2n) is 8.52. The zero-order chi connectivity index (χ0) is 27.8. The lowest BCUT2D eigenvalue weighted by Crippen LogP contribution is -2.17. The van der Waals surface area contributed by atoms with Crippen molar-refractivity contribution in [2.75, 3.05) is 23.7 Å². The molecule has 0 spiro atoms. The second-order valence-corrected chi connectivity index (χ2v) is 10.6. The largest absolute Gasteiger partial charge is 0.497 e. The molecule has 0 saturated carbocycles. The van der Waals surface area contributed by atoms with E-state index in [0.29, 0.717) is 29.4 Å². The first kappa shape index (κ1) is 27.9. The normalized spacial score (nSPS) is 11.1. The summed E-state index contributed by atoms with van der Waals surface area (Å²) in [4.78, 5) is 12.6. The molecule has 10 heteroatoms. The Bertz CT molecular complexity index is 1560. The molecule has 0 saturated heterocycles. The zero-order valence-electron chi connectivity index (χ0n) is 21.0. The van der Waals surface area contributed by atoms with E-state index < -0.39 is 21.8 Å². The maximum atomic E-state index is 13.9. The van der Waals surface area contributed by atoms with Crippen LogP contribution in [0.5, 0.6) is 5.75 Å². The molecule has 7 nitrogen and oxygen atoms in total. The number of benzene rings is 4. The lowest BCUT2D eigenvalue weighted by atomic mass is 10.1. The van der Waals surface area contributed by atoms with Crippen LogP contribution in [0.15, 0.2) is 95.9 Å². The summed E-state index contributed by atoms with van der Waals surface area (Å²) in [7, 11) is -2.67. The number of methoxy groups -OCH3 is 1. The highest BCUT2D eigenvalue weighted by Crippen LogP contribution is 2.27. The Morgan fingerprint density at radius 1 is 0.949 bits per heavy atom. The summed E-state index contributed by atoms with van der Waals surface area (Å²) in [5.74, 6) is -0.818. The van der Waals surface area contributed by atoms with Crippen molar-refractivity contribution < 1.29 is 27.1 Å². The molecule has 0 aliphatic heterocycles. The van der Waals surface area contributed by atoms with Crippen LogP contribution in [0, 0.1) is 5.82 Å². The molecule has 0 fully saturated rings. The first-order valence-electron chi connectivity index (χ1n) is 11.9. The number of carbonyl (C=O) groups excluding carboxylic acids is 1. The summed E-state index contributed by atoms with van der Waals surface area (Å²) in [6.45, 7) is 0.122. The molecule has 4 rings (SSSR count). The molecule has 0 aromatic heterocycles. The minimum atomic E-state index is -4.15. The average molecular weight is 569 g/mol. The van der Waals surface area contributed by atoms with Gasteiger partial charge in [0.05, 0.1) is 24.0 Å². The van der Waals surface area contributed by atoms with Gasteiger partial charge in [-0.25, -0.2) is 17.6 Å². The number of ether oxygens (including phenoxy) is 2. The highest BCUT2D eigenvalue weighted by Gasteiger charge is 2.22. The van der Waals surface area contributed by atoms with Crippen molar-refractivity contribution >= 4 is 39.0 Å². The van der Waals surface area contributed by atoms with Crippen LogP contribution in [0.25, 0.3) is 0 Å². The van der Waals surface area contributed by atoms with Gasteiger partial charge in [0, 0.05) is 23.2 Å². The summed E-state index contributed by atoms with van der Waals surface area (Å²) in [6, 6.07) is 23.9. The third-order valence-electron chi connectivity index (χ3n) is 5.79. The molecule has 0 amide bonds. The van der Waals surface area contributed by atoms with Crippen LogP contribution in [-0.2, 0) is 27.8 Å². The molecule has 39 heavy (non-hydrogen) atoms. The third-order valence-corrected chi connectivity index (χ3v) is 7.46. The van der Waals surface area contributed by atoms with Crippen molar-refractivity contribution in [3.8, 4) is 5.75 Å². The number of sulfonamides is 1. The lowest BCUT2D eigenvalue weighted by molar-refractivity contribution is 0.0468. The number of nitrogens with one attached hydrogen (secondary N) is 2. The van der Waals surface area contributed by atoms with E-state index >= 15 is 0 Å². The van der Waals surface area contributed by atoms with Crippen LogP contribution in [0.1, 0.15) is 21.5 Å². The van der Waals surface area contributed by atoms with E-state index in [4.69, 9.17) is 21.1 Å². The van der Waals surface area contributed by atoms with Gasteiger partial charge < -0.3 is 14.8 Å². The van der Waals surface area contributed by atoms with E-state index in [1.54, 1.807) is 36.4 Å². The maximum absolute atomic E-state index is 13.9. The highest BCUT2D eigenvalue weighted by atomic mass is 35.5. The van der Waals surface area contributed by atoms with E-state index in [1.165, 1.54) is 49.6 Å². The Kier molecular flexibility index (Phi) is 9.06. The van der Waals surface area contributed by atoms with Gasteiger partial charge in [0.2, 0.25) is 0 Å². The van der Waals surface area contributed by atoms with Gasteiger partial charge in [-0.2, -0.15) is 0 Å². The highest BCUT2D eigenvalue weighted by molar-refractivity contribution is 7.92. The molecule has 0 heterocycles. The molecule has 0 bridgehead atoms. The van der Waals surface area contributed by atoms with Crippen LogP contribution >= 0.6 is 11.6 Å². The predicted octanol–water partition coefficient (Wildman–Crippen LogP) is 6.30. The van der Waals surface area contributed by atoms with E-state index in [9.17, 15) is 17.6 Å². The van der Waals surface area contributed by atoms with E-state index in [-0.39, 0.29) is 28.3 Å². The van der Waals surface area contributed by atoms with Gasteiger partial charge in [-0.05, 0) is 60.5 Å². The molecule has 2 N–H and O–H groups in total. The van der Waals surface area contributed by atoms with Crippen molar-refractivity contribution in [2.45, 2.75) is 17.9 Å². The van der Waals surface area contributed by atoms with Crippen LogP contribution in [0.2, 0.25) is 5.02 Å². The van der Waals surface area contributed by atoms with E-state index in [0.717, 1.165) is 5.56 Å². The molecule has 0 aliphatic carbocycles. The summed E-state index contributed by atoms with van der Waals surface area (Å²) >= 11 is 5.95. The van der Waals surface area contributed by atoms with Crippen molar-refractivity contribution in [2.24, 2.45) is 0 Å². The number of carbonyl (C=O) groups is 1. The number of halogens is 2. The molecule has 0 radical (unpaired) electrons. The quantitative estimate of drug-likeness (QED) is 0.206. The van der Waals surface area contributed by atoms with Crippen LogP contribution in [0.3, 0.4) is 0 Å². The topological polar surface area (TPSA) is 93.7 Å². The Morgan fingerprint density at radius 2 is 1.72 bits per heavy atom. The Morgan fingerprint density at radius 3 is 2.46 bits per heavy atom. The number of hydrogen-bond donors (Lipinski definition) is 2. The molecule has 0 aliphatic rings. The number of anilines is 2. The summed E-state index contributed by atoms with van der Waals surface area (Å²) < 4.78 is 53.9. The number of rotatable bonds is 11. The minimum absolute atomic E-state index is 0.000563. The Hall–Kier alpha value is -4.08. The van der Waals surface area contributed by atoms with Crippen molar-refractivity contribution in [1.82, 2.24) is 0 Å². The molecular formula is C29H26ClFN2O5S.